The van der Waals surface area contributed by atoms with E-state index in [1.165, 1.54) is 0 Å². The van der Waals surface area contributed by atoms with Crippen molar-refractivity contribution in [3.8, 4) is 5.75 Å². The van der Waals surface area contributed by atoms with E-state index in [0.717, 1.165) is 33.6 Å². The minimum absolute atomic E-state index is 0.333. The molecule has 0 aliphatic rings. The molecule has 0 saturated carbocycles. The lowest BCUT2D eigenvalue weighted by Crippen LogP contribution is -2.28. The fourth-order valence-electron chi connectivity index (χ4n) is 2.96. The molecule has 0 aromatic heterocycles. The first-order valence-electron chi connectivity index (χ1n) is 8.49. The predicted molar refractivity (Wildman–Crippen MR) is 102 cm³/mol. The van der Waals surface area contributed by atoms with Gasteiger partial charge in [-0.2, -0.15) is 0 Å². The van der Waals surface area contributed by atoms with Crippen molar-refractivity contribution in [2.24, 2.45) is 0 Å². The highest BCUT2D eigenvalue weighted by Crippen LogP contribution is 2.27. The number of benzene rings is 2. The second-order valence-corrected chi connectivity index (χ2v) is 8.09. The van der Waals surface area contributed by atoms with Gasteiger partial charge < -0.3 is 4.74 Å². The largest absolute Gasteiger partial charge is 0.494 e. The Morgan fingerprint density at radius 3 is 2.00 bits per heavy atom. The third kappa shape index (κ3) is 4.22. The van der Waals surface area contributed by atoms with E-state index >= 15 is 0 Å². The minimum Gasteiger partial charge on any atom is -0.494 e. The minimum atomic E-state index is -3.62. The van der Waals surface area contributed by atoms with E-state index in [0.29, 0.717) is 11.5 Å². The fraction of sp³-hybridized carbons (Fsp3) is 0.400. The van der Waals surface area contributed by atoms with Gasteiger partial charge in [-0.05, 0) is 81.5 Å². The Hall–Kier alpha value is -1.85. The molecule has 0 heterocycles. The maximum Gasteiger partial charge on any atom is 0.241 e. The Kier molecular flexibility index (Phi) is 5.91. The van der Waals surface area contributed by atoms with Gasteiger partial charge in [-0.3, -0.25) is 0 Å². The van der Waals surface area contributed by atoms with Gasteiger partial charge >= 0.3 is 0 Å². The van der Waals surface area contributed by atoms with Crippen LogP contribution in [0.4, 0.5) is 0 Å². The van der Waals surface area contributed by atoms with Crippen molar-refractivity contribution in [1.29, 1.82) is 0 Å². The van der Waals surface area contributed by atoms with E-state index in [9.17, 15) is 8.42 Å². The Morgan fingerprint density at radius 2 is 1.52 bits per heavy atom. The van der Waals surface area contributed by atoms with Gasteiger partial charge in [0.25, 0.3) is 0 Å². The molecular weight excluding hydrogens is 334 g/mol. The molecule has 2 rings (SSSR count). The first-order chi connectivity index (χ1) is 11.7. The van der Waals surface area contributed by atoms with E-state index in [1.54, 1.807) is 0 Å². The lowest BCUT2D eigenvalue weighted by atomic mass is 10.0. The number of nitrogens with one attached hydrogen (secondary N) is 1. The van der Waals surface area contributed by atoms with Crippen LogP contribution in [0.2, 0.25) is 0 Å². The first-order valence-corrected chi connectivity index (χ1v) is 9.98. The van der Waals surface area contributed by atoms with Gasteiger partial charge in [0.1, 0.15) is 5.75 Å². The van der Waals surface area contributed by atoms with Crippen LogP contribution in [0, 0.1) is 27.7 Å². The summed E-state index contributed by atoms with van der Waals surface area (Å²) in [5.41, 5.74) is 4.46. The molecule has 0 aliphatic heterocycles. The van der Waals surface area contributed by atoms with Crippen molar-refractivity contribution in [1.82, 2.24) is 4.72 Å². The van der Waals surface area contributed by atoms with Gasteiger partial charge in [0.05, 0.1) is 11.5 Å². The van der Waals surface area contributed by atoms with Gasteiger partial charge in [-0.25, -0.2) is 13.1 Å². The van der Waals surface area contributed by atoms with E-state index in [2.05, 4.69) is 4.72 Å². The quantitative estimate of drug-likeness (QED) is 0.832. The summed E-state index contributed by atoms with van der Waals surface area (Å²) in [6.07, 6.45) is 0. The van der Waals surface area contributed by atoms with Crippen molar-refractivity contribution in [3.05, 3.63) is 58.1 Å². The molecule has 2 aromatic carbocycles. The van der Waals surface area contributed by atoms with Crippen molar-refractivity contribution in [3.63, 3.8) is 0 Å². The van der Waals surface area contributed by atoms with Crippen molar-refractivity contribution >= 4 is 10.0 Å². The average molecular weight is 362 g/mol. The lowest BCUT2D eigenvalue weighted by molar-refractivity contribution is 0.340. The Bertz CT molecular complexity index is 829. The molecule has 0 radical (unpaired) electrons. The van der Waals surface area contributed by atoms with Crippen LogP contribution in [0.3, 0.4) is 0 Å². The highest BCUT2D eigenvalue weighted by Gasteiger charge is 2.24. The molecule has 25 heavy (non-hydrogen) atoms. The summed E-state index contributed by atoms with van der Waals surface area (Å²) in [4.78, 5) is 0.391. The van der Waals surface area contributed by atoms with Gasteiger partial charge in [-0.1, -0.05) is 18.2 Å². The molecule has 4 nitrogen and oxygen atoms in total. The van der Waals surface area contributed by atoms with Crippen molar-refractivity contribution in [2.75, 3.05) is 6.61 Å². The van der Waals surface area contributed by atoms with Gasteiger partial charge in [-0.15, -0.1) is 0 Å². The van der Waals surface area contributed by atoms with Gasteiger partial charge in [0, 0.05) is 6.04 Å². The van der Waals surface area contributed by atoms with E-state index in [-0.39, 0.29) is 6.04 Å². The zero-order valence-corrected chi connectivity index (χ0v) is 16.6. The second-order valence-electron chi connectivity index (χ2n) is 6.43. The molecule has 0 saturated heterocycles. The number of aryl methyl sites for hydroxylation is 2. The molecule has 0 amide bonds. The van der Waals surface area contributed by atoms with Crippen LogP contribution in [0.5, 0.6) is 5.75 Å². The fourth-order valence-corrected chi connectivity index (χ4v) is 4.81. The van der Waals surface area contributed by atoms with Crippen LogP contribution in [0.1, 0.15) is 47.7 Å². The number of hydrogen-bond acceptors (Lipinski definition) is 3. The standard InChI is InChI=1S/C20H27NO3S/c1-7-24-19-10-8-18(9-11-19)17(6)21-25(22,23)20-15(4)13(2)12-14(3)16(20)5/h8-12,17,21H,7H2,1-6H3. The summed E-state index contributed by atoms with van der Waals surface area (Å²) in [5.74, 6) is 0.780. The smallest absolute Gasteiger partial charge is 0.241 e. The Balaban J connectivity index is 2.33. The third-order valence-electron chi connectivity index (χ3n) is 4.59. The number of ether oxygens (including phenoxy) is 1. The number of sulfonamides is 1. The molecule has 0 bridgehead atoms. The summed E-state index contributed by atoms with van der Waals surface area (Å²) >= 11 is 0. The van der Waals surface area contributed by atoms with E-state index in [4.69, 9.17) is 4.74 Å². The molecule has 0 fully saturated rings. The zero-order chi connectivity index (χ0) is 18.8. The lowest BCUT2D eigenvalue weighted by Gasteiger charge is -2.19. The summed E-state index contributed by atoms with van der Waals surface area (Å²) in [6, 6.07) is 9.19. The second kappa shape index (κ2) is 7.58. The molecular formula is C20H27NO3S. The van der Waals surface area contributed by atoms with Crippen LogP contribution >= 0.6 is 0 Å². The van der Waals surface area contributed by atoms with Gasteiger partial charge in [0.2, 0.25) is 10.0 Å². The van der Waals surface area contributed by atoms with Crippen LogP contribution in [0.25, 0.3) is 0 Å². The van der Waals surface area contributed by atoms with E-state index < -0.39 is 10.0 Å². The van der Waals surface area contributed by atoms with Crippen LogP contribution in [-0.4, -0.2) is 15.0 Å². The van der Waals surface area contributed by atoms with Crippen molar-refractivity contribution < 1.29 is 13.2 Å². The molecule has 0 spiro atoms. The van der Waals surface area contributed by atoms with Crippen LogP contribution < -0.4 is 9.46 Å². The summed E-state index contributed by atoms with van der Waals surface area (Å²) in [5, 5.41) is 0. The third-order valence-corrected chi connectivity index (χ3v) is 6.40. The summed E-state index contributed by atoms with van der Waals surface area (Å²) < 4.78 is 34.2. The molecule has 1 N–H and O–H groups in total. The zero-order valence-electron chi connectivity index (χ0n) is 15.8. The monoisotopic (exact) mass is 361 g/mol. The Morgan fingerprint density at radius 1 is 1.00 bits per heavy atom. The SMILES string of the molecule is CCOc1ccc(C(C)NS(=O)(=O)c2c(C)c(C)cc(C)c2C)cc1. The molecule has 136 valence electrons. The topological polar surface area (TPSA) is 55.4 Å². The normalized spacial score (nSPS) is 12.9. The van der Waals surface area contributed by atoms with Crippen LogP contribution in [0.15, 0.2) is 35.2 Å². The summed E-state index contributed by atoms with van der Waals surface area (Å²) in [7, 11) is -3.62. The van der Waals surface area contributed by atoms with Crippen molar-refractivity contribution in [2.45, 2.75) is 52.5 Å². The maximum atomic E-state index is 13.0. The maximum absolute atomic E-state index is 13.0. The molecule has 1 atom stereocenters. The summed E-state index contributed by atoms with van der Waals surface area (Å²) in [6.45, 7) is 12.0. The van der Waals surface area contributed by atoms with E-state index in [1.807, 2.05) is 71.9 Å². The molecule has 2 aromatic rings. The van der Waals surface area contributed by atoms with Crippen LogP contribution in [-0.2, 0) is 10.0 Å². The highest BCUT2D eigenvalue weighted by molar-refractivity contribution is 7.89. The number of rotatable bonds is 6. The highest BCUT2D eigenvalue weighted by atomic mass is 32.2. The van der Waals surface area contributed by atoms with Gasteiger partial charge in [0.15, 0.2) is 0 Å². The average Bonchev–Trinajstić information content (AvgIpc) is 2.53. The Labute approximate surface area is 151 Å². The molecule has 0 aliphatic carbocycles. The predicted octanol–water partition coefficient (Wildman–Crippen LogP) is 4.36. The molecule has 1 unspecified atom stereocenters. The number of hydrogen-bond donors (Lipinski definition) is 1. The molecule has 5 heteroatoms. The first kappa shape index (κ1) is 19.5.